The van der Waals surface area contributed by atoms with Gasteiger partial charge in [-0.3, -0.25) is 4.68 Å². The molecule has 1 aromatic carbocycles. The zero-order valence-electron chi connectivity index (χ0n) is 12.4. The fourth-order valence-corrected chi connectivity index (χ4v) is 2.52. The van der Waals surface area contributed by atoms with Crippen molar-refractivity contribution in [3.05, 3.63) is 41.5 Å². The first kappa shape index (κ1) is 13.6. The summed E-state index contributed by atoms with van der Waals surface area (Å²) in [4.78, 5) is 4.51. The minimum atomic E-state index is -0.643. The van der Waals surface area contributed by atoms with Crippen molar-refractivity contribution in [2.75, 3.05) is 5.73 Å². The van der Waals surface area contributed by atoms with Crippen molar-refractivity contribution in [1.29, 1.82) is 0 Å². The van der Waals surface area contributed by atoms with E-state index in [0.29, 0.717) is 18.1 Å². The van der Waals surface area contributed by atoms with Crippen LogP contribution in [0.5, 0.6) is 0 Å². The summed E-state index contributed by atoms with van der Waals surface area (Å²) in [6, 6.07) is 5.62. The predicted octanol–water partition coefficient (Wildman–Crippen LogP) is 1.76. The summed E-state index contributed by atoms with van der Waals surface area (Å²) in [5.74, 6) is 0.638. The lowest BCUT2D eigenvalue weighted by Crippen LogP contribution is -2.08. The van der Waals surface area contributed by atoms with Crippen molar-refractivity contribution in [1.82, 2.24) is 19.3 Å². The molecule has 0 fully saturated rings. The lowest BCUT2D eigenvalue weighted by Gasteiger charge is -2.10. The molecular weight excluding hydrogens is 266 g/mol. The van der Waals surface area contributed by atoms with Crippen LogP contribution in [0.3, 0.4) is 0 Å². The van der Waals surface area contributed by atoms with E-state index in [1.807, 2.05) is 47.6 Å². The lowest BCUT2D eigenvalue weighted by atomic mass is 10.2. The fraction of sp³-hybridized carbons (Fsp3) is 0.333. The quantitative estimate of drug-likeness (QED) is 0.718. The third-order valence-corrected chi connectivity index (χ3v) is 3.84. The molecular formula is C15H19N5O. The number of anilines is 1. The van der Waals surface area contributed by atoms with Crippen LogP contribution in [0.25, 0.3) is 11.0 Å². The van der Waals surface area contributed by atoms with Crippen molar-refractivity contribution >= 4 is 16.7 Å². The number of aliphatic hydroxyl groups is 1. The van der Waals surface area contributed by atoms with E-state index in [2.05, 4.69) is 10.1 Å². The summed E-state index contributed by atoms with van der Waals surface area (Å²) in [7, 11) is 1.92. The van der Waals surface area contributed by atoms with Crippen LogP contribution in [0.4, 0.5) is 5.69 Å². The second-order valence-electron chi connectivity index (χ2n) is 5.36. The van der Waals surface area contributed by atoms with E-state index in [9.17, 15) is 5.11 Å². The highest BCUT2D eigenvalue weighted by atomic mass is 16.3. The fourth-order valence-electron chi connectivity index (χ4n) is 2.52. The highest BCUT2D eigenvalue weighted by molar-refractivity contribution is 5.79. The molecule has 0 spiro atoms. The van der Waals surface area contributed by atoms with Crippen LogP contribution in [0, 0.1) is 6.92 Å². The molecule has 1 atom stereocenters. The van der Waals surface area contributed by atoms with E-state index in [1.54, 1.807) is 6.92 Å². The molecule has 6 nitrogen and oxygen atoms in total. The summed E-state index contributed by atoms with van der Waals surface area (Å²) in [6.45, 7) is 4.37. The standard InChI is InChI=1S/C15H19N5O/c1-9-11(7-17-19(9)3)8-20-14-5-4-12(16)6-13(14)18-15(20)10(2)21/h4-7,10,21H,8,16H2,1-3H3. The smallest absolute Gasteiger partial charge is 0.138 e. The Labute approximate surface area is 122 Å². The second kappa shape index (κ2) is 4.89. The second-order valence-corrected chi connectivity index (χ2v) is 5.36. The maximum Gasteiger partial charge on any atom is 0.138 e. The van der Waals surface area contributed by atoms with E-state index in [1.165, 1.54) is 0 Å². The van der Waals surface area contributed by atoms with Gasteiger partial charge in [0.15, 0.2) is 0 Å². The average Bonchev–Trinajstić information content (AvgIpc) is 2.94. The molecule has 0 saturated heterocycles. The van der Waals surface area contributed by atoms with Gasteiger partial charge >= 0.3 is 0 Å². The van der Waals surface area contributed by atoms with Crippen molar-refractivity contribution in [3.63, 3.8) is 0 Å². The third-order valence-electron chi connectivity index (χ3n) is 3.84. The molecule has 6 heteroatoms. The first-order valence-electron chi connectivity index (χ1n) is 6.88. The Bertz CT molecular complexity index is 800. The van der Waals surface area contributed by atoms with E-state index in [-0.39, 0.29) is 0 Å². The molecule has 3 rings (SSSR count). The van der Waals surface area contributed by atoms with Gasteiger partial charge in [-0.2, -0.15) is 5.10 Å². The third kappa shape index (κ3) is 2.27. The van der Waals surface area contributed by atoms with Gasteiger partial charge in [0.25, 0.3) is 0 Å². The van der Waals surface area contributed by atoms with Gasteiger partial charge in [-0.25, -0.2) is 4.98 Å². The van der Waals surface area contributed by atoms with Crippen LogP contribution >= 0.6 is 0 Å². The minimum Gasteiger partial charge on any atom is -0.399 e. The lowest BCUT2D eigenvalue weighted by molar-refractivity contribution is 0.185. The normalized spacial score (nSPS) is 13.0. The summed E-state index contributed by atoms with van der Waals surface area (Å²) in [6.07, 6.45) is 1.21. The number of nitrogen functional groups attached to an aromatic ring is 1. The maximum absolute atomic E-state index is 9.99. The number of fused-ring (bicyclic) bond motifs is 1. The molecule has 0 radical (unpaired) electrons. The van der Waals surface area contributed by atoms with Crippen molar-refractivity contribution < 1.29 is 5.11 Å². The molecule has 3 N–H and O–H groups in total. The Kier molecular flexibility index (Phi) is 3.17. The number of aliphatic hydroxyl groups excluding tert-OH is 1. The van der Waals surface area contributed by atoms with Gasteiger partial charge in [0.05, 0.1) is 23.8 Å². The molecule has 2 aromatic heterocycles. The average molecular weight is 285 g/mol. The molecule has 3 aromatic rings. The monoisotopic (exact) mass is 285 g/mol. The topological polar surface area (TPSA) is 81.9 Å². The molecule has 0 aliphatic carbocycles. The zero-order valence-corrected chi connectivity index (χ0v) is 12.4. The van der Waals surface area contributed by atoms with Crippen LogP contribution < -0.4 is 5.73 Å². The van der Waals surface area contributed by atoms with Crippen molar-refractivity contribution in [3.8, 4) is 0 Å². The van der Waals surface area contributed by atoms with E-state index in [4.69, 9.17) is 5.73 Å². The number of rotatable bonds is 3. The van der Waals surface area contributed by atoms with Crippen LogP contribution in [-0.2, 0) is 13.6 Å². The first-order valence-corrected chi connectivity index (χ1v) is 6.88. The Balaban J connectivity index is 2.15. The van der Waals surface area contributed by atoms with Gasteiger partial charge in [-0.15, -0.1) is 0 Å². The summed E-state index contributed by atoms with van der Waals surface area (Å²) < 4.78 is 3.86. The number of nitrogens with zero attached hydrogens (tertiary/aromatic N) is 4. The highest BCUT2D eigenvalue weighted by Crippen LogP contribution is 2.24. The number of aromatic nitrogens is 4. The van der Waals surface area contributed by atoms with Gasteiger partial charge in [-0.1, -0.05) is 0 Å². The SMILES string of the molecule is Cc1c(Cn2c(C(C)O)nc3cc(N)ccc32)cnn1C. The first-order chi connectivity index (χ1) is 9.97. The number of hydrogen-bond donors (Lipinski definition) is 2. The van der Waals surface area contributed by atoms with Crippen LogP contribution in [0.15, 0.2) is 24.4 Å². The number of imidazole rings is 1. The molecule has 2 heterocycles. The Hall–Kier alpha value is -2.34. The van der Waals surface area contributed by atoms with Gasteiger partial charge in [-0.05, 0) is 32.0 Å². The molecule has 0 saturated carbocycles. The number of benzene rings is 1. The number of nitrogens with two attached hydrogens (primary N) is 1. The molecule has 0 aliphatic rings. The molecule has 0 bridgehead atoms. The van der Waals surface area contributed by atoms with Gasteiger partial charge < -0.3 is 15.4 Å². The Morgan fingerprint density at radius 1 is 1.38 bits per heavy atom. The predicted molar refractivity (Wildman–Crippen MR) is 81.8 cm³/mol. The van der Waals surface area contributed by atoms with Gasteiger partial charge in [0.1, 0.15) is 11.9 Å². The van der Waals surface area contributed by atoms with Crippen LogP contribution in [0.2, 0.25) is 0 Å². The highest BCUT2D eigenvalue weighted by Gasteiger charge is 2.16. The largest absolute Gasteiger partial charge is 0.399 e. The van der Waals surface area contributed by atoms with Gasteiger partial charge in [0.2, 0.25) is 0 Å². The molecule has 1 unspecified atom stereocenters. The molecule has 0 aliphatic heterocycles. The van der Waals surface area contributed by atoms with Crippen molar-refractivity contribution in [2.24, 2.45) is 7.05 Å². The van der Waals surface area contributed by atoms with E-state index in [0.717, 1.165) is 22.3 Å². The van der Waals surface area contributed by atoms with Gasteiger partial charge in [0, 0.05) is 24.0 Å². The number of hydrogen-bond acceptors (Lipinski definition) is 4. The zero-order chi connectivity index (χ0) is 15.1. The Morgan fingerprint density at radius 3 is 2.76 bits per heavy atom. The molecule has 110 valence electrons. The van der Waals surface area contributed by atoms with Crippen molar-refractivity contribution in [2.45, 2.75) is 26.5 Å². The minimum absolute atomic E-state index is 0.625. The van der Waals surface area contributed by atoms with Crippen LogP contribution in [-0.4, -0.2) is 24.4 Å². The summed E-state index contributed by atoms with van der Waals surface area (Å²) >= 11 is 0. The number of aryl methyl sites for hydroxylation is 1. The Morgan fingerprint density at radius 2 is 2.14 bits per heavy atom. The van der Waals surface area contributed by atoms with E-state index >= 15 is 0 Å². The molecule has 21 heavy (non-hydrogen) atoms. The summed E-state index contributed by atoms with van der Waals surface area (Å²) in [5, 5.41) is 14.3. The molecule has 0 amide bonds. The summed E-state index contributed by atoms with van der Waals surface area (Å²) in [5.41, 5.74) is 10.5. The van der Waals surface area contributed by atoms with Crippen LogP contribution in [0.1, 0.15) is 30.1 Å². The maximum atomic E-state index is 9.99. The van der Waals surface area contributed by atoms with E-state index < -0.39 is 6.10 Å².